The average Bonchev–Trinajstić information content (AvgIpc) is 2.73. The van der Waals surface area contributed by atoms with Gasteiger partial charge in [0.25, 0.3) is 0 Å². The Hall–Kier alpha value is -2.53. The van der Waals surface area contributed by atoms with Crippen LogP contribution in [0.1, 0.15) is 25.3 Å². The summed E-state index contributed by atoms with van der Waals surface area (Å²) >= 11 is 0. The summed E-state index contributed by atoms with van der Waals surface area (Å²) in [4.78, 5) is 9.67. The molecule has 0 bridgehead atoms. The molecule has 1 fully saturated rings. The highest BCUT2D eigenvalue weighted by molar-refractivity contribution is 6.04. The third kappa shape index (κ3) is 3.59. The number of likely N-dealkylation sites (tertiary alicyclic amines) is 1. The smallest absolute Gasteiger partial charge is 0.161 e. The average molecular weight is 380 g/mol. The molecule has 3 aliphatic rings. The van der Waals surface area contributed by atoms with E-state index in [9.17, 15) is 0 Å². The monoisotopic (exact) mass is 379 g/mol. The molecule has 0 radical (unpaired) electrons. The van der Waals surface area contributed by atoms with Crippen LogP contribution in [0, 0.1) is 5.92 Å². The third-order valence-corrected chi connectivity index (χ3v) is 5.89. The van der Waals surface area contributed by atoms with E-state index >= 15 is 0 Å². The Balaban J connectivity index is 1.57. The van der Waals surface area contributed by atoms with Crippen LogP contribution in [0.4, 0.5) is 0 Å². The first kappa shape index (κ1) is 18.8. The second-order valence-corrected chi connectivity index (χ2v) is 7.78. The van der Waals surface area contributed by atoms with E-state index in [-0.39, 0.29) is 0 Å². The number of fused-ring (bicyclic) bond motifs is 1. The van der Waals surface area contributed by atoms with Gasteiger partial charge in [-0.15, -0.1) is 0 Å². The highest BCUT2D eigenvalue weighted by Crippen LogP contribution is 2.34. The number of amidine groups is 1. The van der Waals surface area contributed by atoms with Gasteiger partial charge in [0.05, 0.1) is 19.9 Å². The van der Waals surface area contributed by atoms with Crippen LogP contribution in [0.2, 0.25) is 0 Å². The molecule has 3 aliphatic heterocycles. The van der Waals surface area contributed by atoms with Crippen molar-refractivity contribution in [2.24, 2.45) is 10.9 Å². The Kier molecular flexibility index (Phi) is 5.27. The second-order valence-electron chi connectivity index (χ2n) is 7.78. The maximum Gasteiger partial charge on any atom is 0.161 e. The summed E-state index contributed by atoms with van der Waals surface area (Å²) < 4.78 is 10.8. The molecule has 148 valence electrons. The number of rotatable bonds is 4. The number of benzene rings is 1. The van der Waals surface area contributed by atoms with Crippen LogP contribution < -0.4 is 9.47 Å². The molecule has 0 aromatic heterocycles. The van der Waals surface area contributed by atoms with Crippen LogP contribution in [-0.2, 0) is 0 Å². The van der Waals surface area contributed by atoms with Gasteiger partial charge in [-0.1, -0.05) is 6.08 Å². The summed E-state index contributed by atoms with van der Waals surface area (Å²) in [6, 6.07) is 5.96. The molecule has 3 heterocycles. The predicted octanol–water partition coefficient (Wildman–Crippen LogP) is 3.94. The van der Waals surface area contributed by atoms with Gasteiger partial charge in [-0.25, -0.2) is 4.99 Å². The van der Waals surface area contributed by atoms with Gasteiger partial charge >= 0.3 is 0 Å². The largest absolute Gasteiger partial charge is 0.493 e. The molecule has 1 aromatic carbocycles. The maximum atomic E-state index is 5.45. The molecule has 1 saturated heterocycles. The molecule has 0 unspecified atom stereocenters. The summed E-state index contributed by atoms with van der Waals surface area (Å²) in [5, 5.41) is 0. The molecule has 5 nitrogen and oxygen atoms in total. The Labute approximate surface area is 167 Å². The molecule has 5 heteroatoms. The van der Waals surface area contributed by atoms with Crippen molar-refractivity contribution in [1.29, 1.82) is 0 Å². The quantitative estimate of drug-likeness (QED) is 0.794. The zero-order valence-corrected chi connectivity index (χ0v) is 17.2. The zero-order valence-electron chi connectivity index (χ0n) is 17.2. The number of nitrogens with zero attached hydrogens (tertiary/aromatic N) is 3. The molecule has 28 heavy (non-hydrogen) atoms. The van der Waals surface area contributed by atoms with E-state index in [0.717, 1.165) is 35.1 Å². The Morgan fingerprint density at radius 1 is 1.07 bits per heavy atom. The van der Waals surface area contributed by atoms with Gasteiger partial charge in [-0.2, -0.15) is 0 Å². The van der Waals surface area contributed by atoms with Gasteiger partial charge < -0.3 is 19.3 Å². The van der Waals surface area contributed by atoms with Crippen LogP contribution in [0.15, 0.2) is 52.7 Å². The van der Waals surface area contributed by atoms with Crippen LogP contribution in [0.25, 0.3) is 5.70 Å². The van der Waals surface area contributed by atoms with Crippen molar-refractivity contribution in [1.82, 2.24) is 9.80 Å². The molecule has 0 amide bonds. The number of allylic oxidation sites excluding steroid dienone is 2. The number of ether oxygens (including phenoxy) is 2. The lowest BCUT2D eigenvalue weighted by molar-refractivity contribution is 0.239. The molecule has 4 rings (SSSR count). The first-order valence-electron chi connectivity index (χ1n) is 9.96. The van der Waals surface area contributed by atoms with E-state index in [1.807, 2.05) is 18.2 Å². The van der Waals surface area contributed by atoms with Gasteiger partial charge in [0.2, 0.25) is 0 Å². The van der Waals surface area contributed by atoms with E-state index in [4.69, 9.17) is 14.5 Å². The van der Waals surface area contributed by atoms with Crippen molar-refractivity contribution in [2.45, 2.75) is 19.8 Å². The predicted molar refractivity (Wildman–Crippen MR) is 114 cm³/mol. The minimum absolute atomic E-state index is 0.656. The zero-order chi connectivity index (χ0) is 19.7. The molecular weight excluding hydrogens is 350 g/mol. The lowest BCUT2D eigenvalue weighted by Gasteiger charge is -2.35. The second kappa shape index (κ2) is 7.84. The summed E-state index contributed by atoms with van der Waals surface area (Å²) in [5.74, 6) is 3.16. The fourth-order valence-corrected chi connectivity index (χ4v) is 4.20. The normalized spacial score (nSPS) is 20.6. The van der Waals surface area contributed by atoms with Crippen LogP contribution >= 0.6 is 0 Å². The number of aliphatic imine (C=N–C) groups is 1. The first-order chi connectivity index (χ1) is 13.6. The molecular formula is C23H29N3O2. The Morgan fingerprint density at radius 3 is 2.54 bits per heavy atom. The maximum absolute atomic E-state index is 5.45. The van der Waals surface area contributed by atoms with Crippen LogP contribution in [-0.4, -0.2) is 56.5 Å². The van der Waals surface area contributed by atoms with Crippen molar-refractivity contribution >= 4 is 11.5 Å². The van der Waals surface area contributed by atoms with E-state index < -0.39 is 0 Å². The Morgan fingerprint density at radius 2 is 1.82 bits per heavy atom. The lowest BCUT2D eigenvalue weighted by atomic mass is 9.87. The van der Waals surface area contributed by atoms with E-state index in [2.05, 4.69) is 42.1 Å². The van der Waals surface area contributed by atoms with Gasteiger partial charge in [0.15, 0.2) is 11.5 Å². The number of piperidine rings is 1. The molecule has 0 atom stereocenters. The van der Waals surface area contributed by atoms with Crippen LogP contribution in [0.3, 0.4) is 0 Å². The highest BCUT2D eigenvalue weighted by Gasteiger charge is 2.26. The Bertz CT molecular complexity index is 874. The third-order valence-electron chi connectivity index (χ3n) is 5.89. The number of hydrogen-bond acceptors (Lipinski definition) is 5. The van der Waals surface area contributed by atoms with Gasteiger partial charge in [-0.05, 0) is 81.2 Å². The summed E-state index contributed by atoms with van der Waals surface area (Å²) in [6.07, 6.45) is 9.30. The standard InChI is InChI=1S/C23H29N3O2/c1-16-13-19(17-7-10-25(2)11-8-17)15-26-12-9-20(24-23(16)26)18-5-6-21(27-3)22(14-18)28-4/h5-6,9,13-15,17H,7-8,10-12H2,1-4H3. The highest BCUT2D eigenvalue weighted by atomic mass is 16.5. The summed E-state index contributed by atoms with van der Waals surface area (Å²) in [6.45, 7) is 5.37. The lowest BCUT2D eigenvalue weighted by Crippen LogP contribution is -2.35. The SMILES string of the molecule is COc1ccc(C2=CCN3C=C(C4CCN(C)CC4)C=C(C)C3=N2)cc1OC. The van der Waals surface area contributed by atoms with Crippen molar-refractivity contribution in [3.63, 3.8) is 0 Å². The topological polar surface area (TPSA) is 37.3 Å². The fourth-order valence-electron chi connectivity index (χ4n) is 4.20. The van der Waals surface area contributed by atoms with Gasteiger partial charge in [0.1, 0.15) is 5.84 Å². The van der Waals surface area contributed by atoms with Gasteiger partial charge in [0, 0.05) is 18.3 Å². The van der Waals surface area contributed by atoms with Crippen molar-refractivity contribution < 1.29 is 9.47 Å². The van der Waals surface area contributed by atoms with Crippen molar-refractivity contribution in [3.8, 4) is 11.5 Å². The molecule has 0 saturated carbocycles. The number of hydrogen-bond donors (Lipinski definition) is 0. The molecule has 0 spiro atoms. The van der Waals surface area contributed by atoms with E-state index in [0.29, 0.717) is 5.92 Å². The van der Waals surface area contributed by atoms with Crippen LogP contribution in [0.5, 0.6) is 11.5 Å². The van der Waals surface area contributed by atoms with Crippen molar-refractivity contribution in [2.75, 3.05) is 40.9 Å². The minimum Gasteiger partial charge on any atom is -0.493 e. The first-order valence-corrected chi connectivity index (χ1v) is 9.96. The fraction of sp³-hybridized carbons (Fsp3) is 0.435. The summed E-state index contributed by atoms with van der Waals surface area (Å²) in [5.41, 5.74) is 4.72. The molecule has 0 aliphatic carbocycles. The van der Waals surface area contributed by atoms with Crippen molar-refractivity contribution in [3.05, 3.63) is 53.3 Å². The molecule has 0 N–H and O–H groups in total. The minimum atomic E-state index is 0.656. The number of methoxy groups -OCH3 is 2. The molecule has 1 aromatic rings. The van der Waals surface area contributed by atoms with E-state index in [1.165, 1.54) is 37.1 Å². The summed E-state index contributed by atoms with van der Waals surface area (Å²) in [7, 11) is 5.52. The van der Waals surface area contributed by atoms with Gasteiger partial charge in [-0.3, -0.25) is 0 Å². The van der Waals surface area contributed by atoms with E-state index in [1.54, 1.807) is 14.2 Å².